The molecule has 0 saturated carbocycles. The second kappa shape index (κ2) is 8.03. The van der Waals surface area contributed by atoms with E-state index in [0.717, 1.165) is 22.6 Å². The van der Waals surface area contributed by atoms with Crippen LogP contribution in [0.5, 0.6) is 5.75 Å². The molecular formula is C20H15Cl3N2O3. The molecule has 4 rings (SSSR count). The van der Waals surface area contributed by atoms with Crippen LogP contribution in [0.2, 0.25) is 15.1 Å². The minimum atomic E-state index is -0.146. The van der Waals surface area contributed by atoms with Gasteiger partial charge in [-0.2, -0.15) is 0 Å². The van der Waals surface area contributed by atoms with Gasteiger partial charge in [0.2, 0.25) is 0 Å². The van der Waals surface area contributed by atoms with E-state index in [2.05, 4.69) is 5.16 Å². The number of amides is 1. The van der Waals surface area contributed by atoms with Crippen molar-refractivity contribution in [1.29, 1.82) is 0 Å². The molecule has 2 aromatic carbocycles. The lowest BCUT2D eigenvalue weighted by molar-refractivity contribution is -0.134. The number of nitrogens with zero attached hydrogens (tertiary/aromatic N) is 2. The van der Waals surface area contributed by atoms with Crippen LogP contribution in [0.25, 0.3) is 11.3 Å². The van der Waals surface area contributed by atoms with Gasteiger partial charge in [-0.05, 0) is 48.9 Å². The molecule has 1 aliphatic heterocycles. The van der Waals surface area contributed by atoms with Crippen LogP contribution in [0.3, 0.4) is 0 Å². The van der Waals surface area contributed by atoms with Crippen LogP contribution in [0.4, 0.5) is 0 Å². The molecule has 0 aliphatic carbocycles. The first-order chi connectivity index (χ1) is 13.5. The lowest BCUT2D eigenvalue weighted by Crippen LogP contribution is -2.38. The Morgan fingerprint density at radius 1 is 1.11 bits per heavy atom. The monoisotopic (exact) mass is 436 g/mol. The average Bonchev–Trinajstić information content (AvgIpc) is 3.11. The highest BCUT2D eigenvalue weighted by molar-refractivity contribution is 6.35. The second-order valence-electron chi connectivity index (χ2n) is 6.37. The third-order valence-electron chi connectivity index (χ3n) is 4.55. The predicted molar refractivity (Wildman–Crippen MR) is 108 cm³/mol. The third kappa shape index (κ3) is 3.97. The zero-order chi connectivity index (χ0) is 19.7. The van der Waals surface area contributed by atoms with E-state index in [1.807, 2.05) is 24.3 Å². The number of carbonyl (C=O) groups is 1. The molecule has 28 heavy (non-hydrogen) atoms. The summed E-state index contributed by atoms with van der Waals surface area (Å²) in [6.45, 7) is 0.826. The highest BCUT2D eigenvalue weighted by atomic mass is 35.5. The molecule has 0 unspecified atom stereocenters. The van der Waals surface area contributed by atoms with E-state index in [9.17, 15) is 4.79 Å². The summed E-state index contributed by atoms with van der Waals surface area (Å²) >= 11 is 17.9. The lowest BCUT2D eigenvalue weighted by atomic mass is 10.0. The van der Waals surface area contributed by atoms with Crippen molar-refractivity contribution in [3.63, 3.8) is 0 Å². The van der Waals surface area contributed by atoms with Gasteiger partial charge in [-0.25, -0.2) is 0 Å². The molecule has 1 aliphatic rings. The highest BCUT2D eigenvalue weighted by Gasteiger charge is 2.27. The zero-order valence-electron chi connectivity index (χ0n) is 14.6. The molecule has 0 atom stereocenters. The van der Waals surface area contributed by atoms with E-state index < -0.39 is 0 Å². The minimum Gasteiger partial charge on any atom is -0.482 e. The number of rotatable bonds is 4. The molecule has 144 valence electrons. The largest absolute Gasteiger partial charge is 0.482 e. The Hall–Kier alpha value is -2.21. The Morgan fingerprint density at radius 2 is 1.86 bits per heavy atom. The van der Waals surface area contributed by atoms with Crippen molar-refractivity contribution >= 4 is 40.7 Å². The van der Waals surface area contributed by atoms with Crippen molar-refractivity contribution in [2.24, 2.45) is 0 Å². The summed E-state index contributed by atoms with van der Waals surface area (Å²) < 4.78 is 11.1. The molecule has 0 spiro atoms. The van der Waals surface area contributed by atoms with Crippen molar-refractivity contribution < 1.29 is 14.1 Å². The fourth-order valence-corrected chi connectivity index (χ4v) is 3.68. The number of fused-ring (bicyclic) bond motifs is 1. The van der Waals surface area contributed by atoms with E-state index in [1.165, 1.54) is 0 Å². The van der Waals surface area contributed by atoms with Crippen LogP contribution >= 0.6 is 34.8 Å². The predicted octanol–water partition coefficient (Wildman–Crippen LogP) is 5.27. The van der Waals surface area contributed by atoms with E-state index in [4.69, 9.17) is 44.1 Å². The molecule has 0 radical (unpaired) electrons. The van der Waals surface area contributed by atoms with Gasteiger partial charge in [-0.1, -0.05) is 40.0 Å². The number of carbonyl (C=O) groups excluding carboxylic acids is 1. The first-order valence-electron chi connectivity index (χ1n) is 8.60. The average molecular weight is 438 g/mol. The normalized spacial score (nSPS) is 13.3. The van der Waals surface area contributed by atoms with Crippen molar-refractivity contribution in [2.45, 2.75) is 13.0 Å². The first-order valence-corrected chi connectivity index (χ1v) is 9.73. The fraction of sp³-hybridized carbons (Fsp3) is 0.200. The maximum absolute atomic E-state index is 12.5. The molecule has 8 heteroatoms. The highest BCUT2D eigenvalue weighted by Crippen LogP contribution is 2.31. The quantitative estimate of drug-likeness (QED) is 0.558. The number of hydrogen-bond donors (Lipinski definition) is 0. The van der Waals surface area contributed by atoms with Crippen LogP contribution in [0.1, 0.15) is 11.3 Å². The number of ether oxygens (including phenoxy) is 1. The van der Waals surface area contributed by atoms with Gasteiger partial charge >= 0.3 is 0 Å². The molecule has 5 nitrogen and oxygen atoms in total. The molecule has 0 bridgehead atoms. The van der Waals surface area contributed by atoms with Gasteiger partial charge in [0.1, 0.15) is 11.4 Å². The Labute approximate surface area is 176 Å². The Bertz CT molecular complexity index is 1020. The third-order valence-corrected chi connectivity index (χ3v) is 5.33. The van der Waals surface area contributed by atoms with Crippen LogP contribution in [0, 0.1) is 0 Å². The van der Waals surface area contributed by atoms with E-state index in [1.54, 1.807) is 23.1 Å². The van der Waals surface area contributed by atoms with Crippen molar-refractivity contribution in [3.8, 4) is 17.1 Å². The van der Waals surface area contributed by atoms with E-state index in [-0.39, 0.29) is 12.5 Å². The summed E-state index contributed by atoms with van der Waals surface area (Å²) in [6, 6.07) is 12.3. The maximum Gasteiger partial charge on any atom is 0.260 e. The van der Waals surface area contributed by atoms with Crippen LogP contribution < -0.4 is 4.74 Å². The molecule has 0 saturated heterocycles. The smallest absolute Gasteiger partial charge is 0.260 e. The summed E-state index contributed by atoms with van der Waals surface area (Å²) in [6.07, 6.45) is 0.657. The zero-order valence-corrected chi connectivity index (χ0v) is 16.9. The van der Waals surface area contributed by atoms with Gasteiger partial charge in [0.15, 0.2) is 12.4 Å². The molecular weight excluding hydrogens is 423 g/mol. The van der Waals surface area contributed by atoms with Gasteiger partial charge in [-0.15, -0.1) is 0 Å². The molecule has 1 aromatic heterocycles. The van der Waals surface area contributed by atoms with Crippen molar-refractivity contribution in [1.82, 2.24) is 10.1 Å². The van der Waals surface area contributed by atoms with Gasteiger partial charge in [0, 0.05) is 27.7 Å². The number of aromatic nitrogens is 1. The standard InChI is InChI=1S/C20H15Cl3N2O3/c21-13-3-1-12(2-4-13)20-15-7-8-25(10-17(15)24-28-20)19(26)11-27-18-6-5-14(22)9-16(18)23/h1-6,9H,7-8,10-11H2. The number of hydrogen-bond acceptors (Lipinski definition) is 4. The topological polar surface area (TPSA) is 55.6 Å². The first kappa shape index (κ1) is 19.1. The summed E-state index contributed by atoms with van der Waals surface area (Å²) in [5.74, 6) is 0.999. The van der Waals surface area contributed by atoms with Gasteiger partial charge < -0.3 is 14.2 Å². The van der Waals surface area contributed by atoms with Crippen LogP contribution in [-0.2, 0) is 17.8 Å². The Balaban J connectivity index is 1.42. The van der Waals surface area contributed by atoms with Crippen molar-refractivity contribution in [2.75, 3.05) is 13.2 Å². The number of benzene rings is 2. The molecule has 0 N–H and O–H groups in total. The second-order valence-corrected chi connectivity index (χ2v) is 7.65. The van der Waals surface area contributed by atoms with Gasteiger partial charge in [0.05, 0.1) is 11.6 Å². The Morgan fingerprint density at radius 3 is 2.61 bits per heavy atom. The van der Waals surface area contributed by atoms with E-state index >= 15 is 0 Å². The van der Waals surface area contributed by atoms with Crippen molar-refractivity contribution in [3.05, 3.63) is 68.8 Å². The summed E-state index contributed by atoms with van der Waals surface area (Å²) in [5.41, 5.74) is 2.70. The number of halogens is 3. The maximum atomic E-state index is 12.5. The minimum absolute atomic E-state index is 0.113. The molecule has 3 aromatic rings. The molecule has 2 heterocycles. The summed E-state index contributed by atoms with van der Waals surface area (Å²) in [7, 11) is 0. The fourth-order valence-electron chi connectivity index (χ4n) is 3.09. The Kier molecular flexibility index (Phi) is 5.49. The SMILES string of the molecule is O=C(COc1ccc(Cl)cc1Cl)N1CCc2c(noc2-c2ccc(Cl)cc2)C1. The van der Waals surface area contributed by atoms with Gasteiger partial charge in [-0.3, -0.25) is 4.79 Å². The molecule has 0 fully saturated rings. The van der Waals surface area contributed by atoms with Crippen LogP contribution in [-0.4, -0.2) is 29.1 Å². The lowest BCUT2D eigenvalue weighted by Gasteiger charge is -2.26. The summed E-state index contributed by atoms with van der Waals surface area (Å²) in [5, 5.41) is 5.69. The van der Waals surface area contributed by atoms with Gasteiger partial charge in [0.25, 0.3) is 5.91 Å². The van der Waals surface area contributed by atoms with E-state index in [0.29, 0.717) is 40.3 Å². The van der Waals surface area contributed by atoms with Crippen LogP contribution in [0.15, 0.2) is 47.0 Å². The summed E-state index contributed by atoms with van der Waals surface area (Å²) in [4.78, 5) is 14.2. The molecule has 1 amide bonds.